The maximum Gasteiger partial charge on any atom is 0.119 e. The van der Waals surface area contributed by atoms with Gasteiger partial charge in [0.25, 0.3) is 0 Å². The third kappa shape index (κ3) is 27.8. The zero-order valence-electron chi connectivity index (χ0n) is 66.7. The van der Waals surface area contributed by atoms with Crippen molar-refractivity contribution in [2.75, 3.05) is 238 Å². The number of para-hydroxylation sites is 1. The van der Waals surface area contributed by atoms with E-state index in [1.54, 1.807) is 0 Å². The number of benzene rings is 2. The van der Waals surface area contributed by atoms with Crippen LogP contribution in [0.25, 0.3) is 0 Å². The molecule has 0 saturated carbocycles. The van der Waals surface area contributed by atoms with Gasteiger partial charge in [0, 0.05) is 67.4 Å². The largest absolute Gasteiger partial charge is 0.493 e. The molecule has 0 N–H and O–H groups in total. The van der Waals surface area contributed by atoms with Gasteiger partial charge in [-0.15, -0.1) is 0 Å². The SMILES string of the molecule is CCC1(COCC(C)(C)COCC2(CC)COC2)COC1.CCC1(COCC2(CC)COC2)COC1.CCC1(COCCCCOCC2(CC)COC2)COC1.CCC1(COCCOCC2(CC)COC2)COC1.CCC1(COCc2ccccc2)COC1.CCC1(COc2ccccc2)COC1. The Balaban J connectivity index is 0.000000174. The molecule has 12 rings (SSSR count). The fraction of sp³-hybridized carbons (Fsp3) is 0.857. The van der Waals surface area contributed by atoms with Gasteiger partial charge >= 0.3 is 0 Å². The van der Waals surface area contributed by atoms with Gasteiger partial charge in [-0.1, -0.05) is 132 Å². The van der Waals surface area contributed by atoms with E-state index < -0.39 is 0 Å². The molecule has 0 bridgehead atoms. The highest BCUT2D eigenvalue weighted by Crippen LogP contribution is 2.39. The van der Waals surface area contributed by atoms with Crippen molar-refractivity contribution in [3.8, 4) is 5.75 Å². The van der Waals surface area contributed by atoms with Crippen LogP contribution in [0.5, 0.6) is 5.75 Å². The Hall–Kier alpha value is -2.48. The molecule has 19 nitrogen and oxygen atoms in total. The summed E-state index contributed by atoms with van der Waals surface area (Å²) in [4.78, 5) is 0. The second-order valence-electron chi connectivity index (χ2n) is 33.6. The van der Waals surface area contributed by atoms with Crippen molar-refractivity contribution < 1.29 is 90.0 Å². The lowest BCUT2D eigenvalue weighted by molar-refractivity contribution is -0.187. The molecule has 103 heavy (non-hydrogen) atoms. The van der Waals surface area contributed by atoms with E-state index in [-0.39, 0.29) is 32.5 Å². The molecule has 0 spiro atoms. The molecule has 10 saturated heterocycles. The number of hydrogen-bond acceptors (Lipinski definition) is 19. The highest BCUT2D eigenvalue weighted by atomic mass is 16.6. The number of ether oxygens (including phenoxy) is 19. The van der Waals surface area contributed by atoms with E-state index >= 15 is 0 Å². The predicted molar refractivity (Wildman–Crippen MR) is 402 cm³/mol. The lowest BCUT2D eigenvalue weighted by Crippen LogP contribution is -2.49. The minimum Gasteiger partial charge on any atom is -0.493 e. The van der Waals surface area contributed by atoms with Crippen molar-refractivity contribution in [2.45, 2.75) is 167 Å². The van der Waals surface area contributed by atoms with E-state index in [0.29, 0.717) is 46.9 Å². The van der Waals surface area contributed by atoms with Gasteiger partial charge in [-0.2, -0.15) is 0 Å². The van der Waals surface area contributed by atoms with Crippen molar-refractivity contribution >= 4 is 0 Å². The molecule has 10 aliphatic rings. The van der Waals surface area contributed by atoms with Gasteiger partial charge in [0.2, 0.25) is 0 Å². The molecule has 0 aromatic heterocycles. The molecule has 19 heteroatoms. The second-order valence-corrected chi connectivity index (χ2v) is 33.6. The van der Waals surface area contributed by atoms with E-state index in [1.807, 2.05) is 48.5 Å². The Morgan fingerprint density at radius 2 is 0.485 bits per heavy atom. The third-order valence-electron chi connectivity index (χ3n) is 23.9. The summed E-state index contributed by atoms with van der Waals surface area (Å²) in [5.41, 5.74) is 4.24. The molecule has 0 unspecified atom stereocenters. The monoisotopic (exact) mass is 1460 g/mol. The fourth-order valence-corrected chi connectivity index (χ4v) is 12.8. The highest BCUT2D eigenvalue weighted by molar-refractivity contribution is 5.21. The Bertz CT molecular complexity index is 2330. The Labute approximate surface area is 623 Å². The van der Waals surface area contributed by atoms with Gasteiger partial charge in [0.15, 0.2) is 0 Å². The van der Waals surface area contributed by atoms with Crippen LogP contribution in [-0.4, -0.2) is 238 Å². The van der Waals surface area contributed by atoms with Crippen molar-refractivity contribution in [3.63, 3.8) is 0 Å². The summed E-state index contributed by atoms with van der Waals surface area (Å²) < 4.78 is 105. The van der Waals surface area contributed by atoms with Gasteiger partial charge in [-0.05, 0) is 94.7 Å². The lowest BCUT2D eigenvalue weighted by Gasteiger charge is -2.44. The first-order valence-electron chi connectivity index (χ1n) is 40.0. The van der Waals surface area contributed by atoms with E-state index in [4.69, 9.17) is 90.0 Å². The van der Waals surface area contributed by atoms with Crippen LogP contribution in [0.15, 0.2) is 60.7 Å². The molecule has 2 aromatic rings. The molecular weight excluding hydrogens is 1310 g/mol. The summed E-state index contributed by atoms with van der Waals surface area (Å²) >= 11 is 0. The van der Waals surface area contributed by atoms with E-state index in [9.17, 15) is 0 Å². The first-order chi connectivity index (χ1) is 49.9. The summed E-state index contributed by atoms with van der Waals surface area (Å²) in [6.45, 7) is 57.1. The van der Waals surface area contributed by atoms with Crippen LogP contribution >= 0.6 is 0 Å². The Morgan fingerprint density at radius 3 is 0.738 bits per heavy atom. The number of hydrogen-bond donors (Lipinski definition) is 0. The number of unbranched alkanes of at least 4 members (excludes halogenated alkanes) is 1. The van der Waals surface area contributed by atoms with E-state index in [2.05, 4.69) is 95.2 Å². The summed E-state index contributed by atoms with van der Waals surface area (Å²) in [5.74, 6) is 0.951. The molecule has 594 valence electrons. The first kappa shape index (κ1) is 87.7. The molecule has 10 heterocycles. The zero-order valence-corrected chi connectivity index (χ0v) is 66.7. The second kappa shape index (κ2) is 44.4. The van der Waals surface area contributed by atoms with Crippen LogP contribution in [0.1, 0.15) is 166 Å². The molecule has 0 amide bonds. The third-order valence-corrected chi connectivity index (χ3v) is 23.9. The average molecular weight is 1460 g/mol. The topological polar surface area (TPSA) is 175 Å². The number of rotatable bonds is 45. The minimum absolute atomic E-state index is 0.0546. The van der Waals surface area contributed by atoms with Crippen LogP contribution in [-0.2, 0) is 91.9 Å². The molecule has 10 fully saturated rings. The zero-order chi connectivity index (χ0) is 73.8. The quantitative estimate of drug-likeness (QED) is 0.0572. The Morgan fingerprint density at radius 1 is 0.262 bits per heavy atom. The normalized spacial score (nSPS) is 22.6. The average Bonchev–Trinajstić information content (AvgIpc) is 0.823. The minimum atomic E-state index is 0.0546. The molecule has 0 radical (unpaired) electrons. The molecule has 10 aliphatic heterocycles. The van der Waals surface area contributed by atoms with Crippen molar-refractivity contribution in [2.24, 2.45) is 59.6 Å². The fourth-order valence-electron chi connectivity index (χ4n) is 12.8. The van der Waals surface area contributed by atoms with Crippen LogP contribution in [0.3, 0.4) is 0 Å². The summed E-state index contributed by atoms with van der Waals surface area (Å²) in [6.07, 6.45) is 13.5. The molecular formula is C84H144O19. The van der Waals surface area contributed by atoms with Gasteiger partial charge in [0.1, 0.15) is 5.75 Å². The standard InChI is InChI=1S/C17H32O4.C16H30O4.C14H26O4.C13H18O2.C12H22O3.C12H16O2/c1-5-16(11-20-12-16)9-18-7-15(3,4)8-19-10-17(6-2)13-21-14-17;1-3-15(11-19-12-15)9-17-7-5-6-8-18-10-16(4-2)13-20-14-16;1-3-13(9-17-10-13)7-15-5-6-16-8-14(4-2)11-18-12-14;1-2-13(10-15-11-13)9-14-8-12-6-4-3-5-7-12;1-3-11(5-13-6-11)9-15-10-12(4-2)7-14-8-12;1-2-12(8-13-9-12)10-14-11-6-4-3-5-7-11/h5-14H2,1-4H3;3-14H2,1-2H3;3-12H2,1-2H3;3-7H,2,8-11H2,1H3;3-10H2,1-2H3;3-7H,2,8-10H2,1H3. The highest BCUT2D eigenvalue weighted by Gasteiger charge is 2.45. The smallest absolute Gasteiger partial charge is 0.119 e. The summed E-state index contributed by atoms with van der Waals surface area (Å²) in [6, 6.07) is 20.3. The molecule has 0 atom stereocenters. The van der Waals surface area contributed by atoms with Crippen molar-refractivity contribution in [1.82, 2.24) is 0 Å². The predicted octanol–water partition coefficient (Wildman–Crippen LogP) is 14.4. The van der Waals surface area contributed by atoms with E-state index in [0.717, 1.165) is 307 Å². The summed E-state index contributed by atoms with van der Waals surface area (Å²) in [7, 11) is 0. The van der Waals surface area contributed by atoms with Crippen LogP contribution in [0, 0.1) is 59.6 Å². The van der Waals surface area contributed by atoms with Gasteiger partial charge in [-0.3, -0.25) is 0 Å². The molecule has 0 aliphatic carbocycles. The molecule has 2 aromatic carbocycles. The van der Waals surface area contributed by atoms with Crippen molar-refractivity contribution in [3.05, 3.63) is 66.2 Å². The maximum atomic E-state index is 5.96. The van der Waals surface area contributed by atoms with E-state index in [1.165, 1.54) is 5.56 Å². The van der Waals surface area contributed by atoms with Crippen LogP contribution in [0.2, 0.25) is 0 Å². The van der Waals surface area contributed by atoms with Gasteiger partial charge in [-0.25, -0.2) is 0 Å². The van der Waals surface area contributed by atoms with Crippen LogP contribution in [0.4, 0.5) is 0 Å². The maximum absolute atomic E-state index is 5.96. The Kier molecular flexibility index (Phi) is 37.8. The first-order valence-corrected chi connectivity index (χ1v) is 40.0. The van der Waals surface area contributed by atoms with Crippen LogP contribution < -0.4 is 4.74 Å². The lowest BCUT2D eigenvalue weighted by atomic mass is 9.83. The van der Waals surface area contributed by atoms with Crippen molar-refractivity contribution in [1.29, 1.82) is 0 Å². The van der Waals surface area contributed by atoms with Gasteiger partial charge in [0.05, 0.1) is 237 Å². The van der Waals surface area contributed by atoms with Gasteiger partial charge < -0.3 is 90.0 Å². The summed E-state index contributed by atoms with van der Waals surface area (Å²) in [5, 5.41) is 0.